The molecule has 1 fully saturated rings. The van der Waals surface area contributed by atoms with Gasteiger partial charge in [0.2, 0.25) is 0 Å². The average molecular weight is 266 g/mol. The fraction of sp³-hybridized carbons (Fsp3) is 0.533. The number of carbonyl (C=O) groups is 1. The van der Waals surface area contributed by atoms with Crippen LogP contribution in [0.5, 0.6) is 0 Å². The summed E-state index contributed by atoms with van der Waals surface area (Å²) < 4.78 is 23.2. The second-order valence-corrected chi connectivity index (χ2v) is 4.96. The molecule has 0 heterocycles. The molecule has 1 saturated carbocycles. The van der Waals surface area contributed by atoms with E-state index in [1.807, 2.05) is 0 Å². The van der Waals surface area contributed by atoms with E-state index in [1.165, 1.54) is 19.2 Å². The normalized spacial score (nSPS) is 27.0. The summed E-state index contributed by atoms with van der Waals surface area (Å²) in [5.74, 6) is -0.603. The van der Waals surface area contributed by atoms with Gasteiger partial charge in [-0.15, -0.1) is 0 Å². The first-order chi connectivity index (χ1) is 9.15. The van der Waals surface area contributed by atoms with Crippen LogP contribution in [0.15, 0.2) is 24.3 Å². The van der Waals surface area contributed by atoms with Crippen LogP contribution in [0.2, 0.25) is 0 Å². The van der Waals surface area contributed by atoms with Crippen molar-refractivity contribution in [3.63, 3.8) is 0 Å². The largest absolute Gasteiger partial charge is 0.469 e. The summed E-state index contributed by atoms with van der Waals surface area (Å²) in [6, 6.07) is 6.38. The fourth-order valence-corrected chi connectivity index (χ4v) is 2.87. The Kier molecular flexibility index (Phi) is 4.53. The van der Waals surface area contributed by atoms with E-state index in [4.69, 9.17) is 9.47 Å². The molecule has 4 heteroatoms. The third-order valence-corrected chi connectivity index (χ3v) is 3.94. The van der Waals surface area contributed by atoms with Crippen molar-refractivity contribution >= 4 is 5.97 Å². The molecule has 0 aliphatic heterocycles. The lowest BCUT2D eigenvalue weighted by Crippen LogP contribution is -2.33. The van der Waals surface area contributed by atoms with Gasteiger partial charge in [0, 0.05) is 7.11 Å². The lowest BCUT2D eigenvalue weighted by Gasteiger charge is -2.34. The van der Waals surface area contributed by atoms with Crippen molar-refractivity contribution in [2.24, 2.45) is 5.92 Å². The molecule has 19 heavy (non-hydrogen) atoms. The first-order valence-corrected chi connectivity index (χ1v) is 6.51. The summed E-state index contributed by atoms with van der Waals surface area (Å²) in [6.45, 7) is 0. The third kappa shape index (κ3) is 3.13. The van der Waals surface area contributed by atoms with Gasteiger partial charge in [-0.2, -0.15) is 0 Å². The maximum atomic E-state index is 13.0. The molecule has 0 spiro atoms. The Labute approximate surface area is 112 Å². The minimum absolute atomic E-state index is 0.0828. The number of esters is 1. The molecule has 3 nitrogen and oxygen atoms in total. The van der Waals surface area contributed by atoms with E-state index in [9.17, 15) is 9.18 Å². The van der Waals surface area contributed by atoms with Crippen molar-refractivity contribution in [2.45, 2.75) is 31.3 Å². The van der Waals surface area contributed by atoms with Gasteiger partial charge in [-0.1, -0.05) is 12.1 Å². The molecule has 2 unspecified atom stereocenters. The van der Waals surface area contributed by atoms with Gasteiger partial charge in [0.05, 0.1) is 19.1 Å². The van der Waals surface area contributed by atoms with E-state index in [0.717, 1.165) is 18.4 Å². The maximum Gasteiger partial charge on any atom is 0.309 e. The zero-order valence-electron chi connectivity index (χ0n) is 11.3. The average Bonchev–Trinajstić information content (AvgIpc) is 2.46. The second-order valence-electron chi connectivity index (χ2n) is 4.96. The fourth-order valence-electron chi connectivity index (χ4n) is 2.87. The molecule has 1 aromatic carbocycles. The third-order valence-electron chi connectivity index (χ3n) is 3.94. The summed E-state index contributed by atoms with van der Waals surface area (Å²) in [6.07, 6.45) is 2.52. The standard InChI is InChI=1S/C15H19FO3/c1-18-12-7-8-13(14(9-12)15(17)19-2)10-3-5-11(16)6-4-10/h3-6,12-14H,7-9H2,1-2H3/t12?,13?,14-/m0/s1. The van der Waals surface area contributed by atoms with Gasteiger partial charge in [-0.3, -0.25) is 4.79 Å². The molecule has 0 radical (unpaired) electrons. The van der Waals surface area contributed by atoms with Gasteiger partial charge in [-0.05, 0) is 42.9 Å². The molecular formula is C15H19FO3. The zero-order chi connectivity index (χ0) is 13.8. The summed E-state index contributed by atoms with van der Waals surface area (Å²) in [4.78, 5) is 11.9. The van der Waals surface area contributed by atoms with Crippen LogP contribution in [-0.4, -0.2) is 26.3 Å². The van der Waals surface area contributed by atoms with Crippen molar-refractivity contribution in [1.82, 2.24) is 0 Å². The van der Waals surface area contributed by atoms with Crippen molar-refractivity contribution < 1.29 is 18.7 Å². The van der Waals surface area contributed by atoms with E-state index in [1.54, 1.807) is 19.2 Å². The van der Waals surface area contributed by atoms with Gasteiger partial charge in [0.25, 0.3) is 0 Å². The van der Waals surface area contributed by atoms with Crippen LogP contribution < -0.4 is 0 Å². The second kappa shape index (κ2) is 6.15. The number of benzene rings is 1. The number of rotatable bonds is 3. The molecule has 0 bridgehead atoms. The van der Waals surface area contributed by atoms with Gasteiger partial charge < -0.3 is 9.47 Å². The Hall–Kier alpha value is -1.42. The molecule has 0 N–H and O–H groups in total. The number of hydrogen-bond acceptors (Lipinski definition) is 3. The number of carbonyl (C=O) groups excluding carboxylic acids is 1. The molecule has 1 aromatic rings. The molecule has 104 valence electrons. The monoisotopic (exact) mass is 266 g/mol. The Balaban J connectivity index is 2.21. The molecule has 2 rings (SSSR count). The number of halogens is 1. The highest BCUT2D eigenvalue weighted by Crippen LogP contribution is 2.39. The highest BCUT2D eigenvalue weighted by molar-refractivity contribution is 5.73. The Morgan fingerprint density at radius 2 is 1.89 bits per heavy atom. The van der Waals surface area contributed by atoms with Crippen molar-refractivity contribution in [3.8, 4) is 0 Å². The highest BCUT2D eigenvalue weighted by Gasteiger charge is 2.36. The summed E-state index contributed by atoms with van der Waals surface area (Å²) >= 11 is 0. The van der Waals surface area contributed by atoms with Gasteiger partial charge in [0.15, 0.2) is 0 Å². The van der Waals surface area contributed by atoms with Gasteiger partial charge in [-0.25, -0.2) is 4.39 Å². The first-order valence-electron chi connectivity index (χ1n) is 6.51. The van der Waals surface area contributed by atoms with E-state index in [-0.39, 0.29) is 29.7 Å². The summed E-state index contributed by atoms with van der Waals surface area (Å²) in [5, 5.41) is 0. The SMILES string of the molecule is COC(=O)[C@H]1CC(OC)CCC1c1ccc(F)cc1. The van der Waals surface area contributed by atoms with Gasteiger partial charge >= 0.3 is 5.97 Å². The van der Waals surface area contributed by atoms with Crippen molar-refractivity contribution in [2.75, 3.05) is 14.2 Å². The van der Waals surface area contributed by atoms with E-state index >= 15 is 0 Å². The molecule has 3 atom stereocenters. The van der Waals surface area contributed by atoms with Crippen LogP contribution in [0.1, 0.15) is 30.7 Å². The van der Waals surface area contributed by atoms with Crippen LogP contribution in [0.3, 0.4) is 0 Å². The lowest BCUT2D eigenvalue weighted by atomic mass is 9.74. The minimum atomic E-state index is -0.260. The molecular weight excluding hydrogens is 247 g/mol. The van der Waals surface area contributed by atoms with Crippen molar-refractivity contribution in [1.29, 1.82) is 0 Å². The van der Waals surface area contributed by atoms with Gasteiger partial charge in [0.1, 0.15) is 5.82 Å². The van der Waals surface area contributed by atoms with Crippen LogP contribution in [-0.2, 0) is 14.3 Å². The maximum absolute atomic E-state index is 13.0. The van der Waals surface area contributed by atoms with E-state index in [2.05, 4.69) is 0 Å². The lowest BCUT2D eigenvalue weighted by molar-refractivity contribution is -0.149. The Morgan fingerprint density at radius 3 is 2.47 bits per heavy atom. The molecule has 0 amide bonds. The summed E-state index contributed by atoms with van der Waals surface area (Å²) in [5.41, 5.74) is 0.992. The zero-order valence-corrected chi connectivity index (χ0v) is 11.3. The smallest absolute Gasteiger partial charge is 0.309 e. The molecule has 0 saturated heterocycles. The number of ether oxygens (including phenoxy) is 2. The number of methoxy groups -OCH3 is 2. The highest BCUT2D eigenvalue weighted by atomic mass is 19.1. The van der Waals surface area contributed by atoms with E-state index < -0.39 is 0 Å². The van der Waals surface area contributed by atoms with Crippen molar-refractivity contribution in [3.05, 3.63) is 35.6 Å². The number of hydrogen-bond donors (Lipinski definition) is 0. The molecule has 1 aliphatic rings. The predicted molar refractivity (Wildman–Crippen MR) is 69.3 cm³/mol. The Bertz CT molecular complexity index is 430. The molecule has 1 aliphatic carbocycles. The quantitative estimate of drug-likeness (QED) is 0.789. The van der Waals surface area contributed by atoms with E-state index in [0.29, 0.717) is 6.42 Å². The Morgan fingerprint density at radius 1 is 1.21 bits per heavy atom. The van der Waals surface area contributed by atoms with Crippen LogP contribution >= 0.6 is 0 Å². The summed E-state index contributed by atoms with van der Waals surface area (Å²) in [7, 11) is 3.07. The first kappa shape index (κ1) is 14.0. The topological polar surface area (TPSA) is 35.5 Å². The minimum Gasteiger partial charge on any atom is -0.469 e. The predicted octanol–water partition coefficient (Wildman–Crippen LogP) is 2.90. The van der Waals surface area contributed by atoms with Crippen LogP contribution in [0.25, 0.3) is 0 Å². The molecule has 0 aromatic heterocycles. The van der Waals surface area contributed by atoms with Crippen LogP contribution in [0.4, 0.5) is 4.39 Å². The van der Waals surface area contributed by atoms with Crippen LogP contribution in [0, 0.1) is 11.7 Å².